The van der Waals surface area contributed by atoms with Gasteiger partial charge in [-0.3, -0.25) is 14.9 Å². The van der Waals surface area contributed by atoms with Crippen molar-refractivity contribution in [1.29, 1.82) is 0 Å². The summed E-state index contributed by atoms with van der Waals surface area (Å²) in [5, 5.41) is 15.4. The fourth-order valence-corrected chi connectivity index (χ4v) is 1.97. The molecule has 0 aliphatic rings. The van der Waals surface area contributed by atoms with Crippen LogP contribution in [0.5, 0.6) is 5.88 Å². The van der Waals surface area contributed by atoms with Crippen LogP contribution < -0.4 is 14.9 Å². The fourth-order valence-electron chi connectivity index (χ4n) is 1.39. The van der Waals surface area contributed by atoms with Crippen LogP contribution in [0, 0.1) is 10.1 Å². The molecule has 0 aliphatic carbocycles. The highest BCUT2D eigenvalue weighted by molar-refractivity contribution is 7.07. The highest BCUT2D eigenvalue weighted by Gasteiger charge is 2.23. The first-order chi connectivity index (χ1) is 9.11. The fraction of sp³-hybridized carbons (Fsp3) is 0.222. The number of nitrogens with one attached hydrogen (secondary N) is 2. The monoisotopic (exact) mass is 283 g/mol. The van der Waals surface area contributed by atoms with Crippen molar-refractivity contribution in [2.75, 3.05) is 12.4 Å². The van der Waals surface area contributed by atoms with Crippen molar-refractivity contribution in [2.45, 2.75) is 6.54 Å². The molecule has 0 aliphatic heterocycles. The third-order valence-corrected chi connectivity index (χ3v) is 2.90. The van der Waals surface area contributed by atoms with E-state index in [0.29, 0.717) is 5.69 Å². The number of anilines is 1. The van der Waals surface area contributed by atoms with E-state index in [0.717, 1.165) is 17.7 Å². The van der Waals surface area contributed by atoms with E-state index in [9.17, 15) is 14.9 Å². The zero-order chi connectivity index (χ0) is 13.8. The lowest BCUT2D eigenvalue weighted by atomic mass is 10.4. The molecule has 0 spiro atoms. The van der Waals surface area contributed by atoms with Crippen LogP contribution in [0.25, 0.3) is 0 Å². The number of thiazole rings is 1. The normalized spacial score (nSPS) is 10.2. The molecule has 2 N–H and O–H groups in total. The Morgan fingerprint density at radius 3 is 2.95 bits per heavy atom. The predicted octanol–water partition coefficient (Wildman–Crippen LogP) is 0.755. The second-order valence-corrected chi connectivity index (χ2v) is 4.21. The van der Waals surface area contributed by atoms with Gasteiger partial charge in [-0.15, -0.1) is 0 Å². The van der Waals surface area contributed by atoms with E-state index >= 15 is 0 Å². The maximum Gasteiger partial charge on any atom is 0.372 e. The van der Waals surface area contributed by atoms with Crippen LogP contribution in [0.2, 0.25) is 0 Å². The van der Waals surface area contributed by atoms with Crippen molar-refractivity contribution in [3.63, 3.8) is 0 Å². The summed E-state index contributed by atoms with van der Waals surface area (Å²) >= 11 is 1.02. The van der Waals surface area contributed by atoms with Gasteiger partial charge in [0.1, 0.15) is 6.33 Å². The van der Waals surface area contributed by atoms with Crippen molar-refractivity contribution < 1.29 is 9.66 Å². The first-order valence-corrected chi connectivity index (χ1v) is 5.93. The van der Waals surface area contributed by atoms with Gasteiger partial charge < -0.3 is 15.0 Å². The number of nitro groups is 1. The number of nitrogens with zero attached hydrogens (tertiary/aromatic N) is 3. The van der Waals surface area contributed by atoms with Gasteiger partial charge in [0, 0.05) is 11.1 Å². The number of rotatable bonds is 5. The van der Waals surface area contributed by atoms with Crippen LogP contribution in [0.4, 0.5) is 11.5 Å². The Morgan fingerprint density at radius 2 is 2.37 bits per heavy atom. The van der Waals surface area contributed by atoms with Gasteiger partial charge in [0.05, 0.1) is 18.6 Å². The van der Waals surface area contributed by atoms with Crippen molar-refractivity contribution >= 4 is 22.8 Å². The lowest BCUT2D eigenvalue weighted by molar-refractivity contribution is -0.385. The van der Waals surface area contributed by atoms with Gasteiger partial charge in [-0.1, -0.05) is 11.3 Å². The van der Waals surface area contributed by atoms with Crippen LogP contribution in [0.3, 0.4) is 0 Å². The molecule has 2 aromatic rings. The Bertz CT molecular complexity index is 652. The molecule has 0 amide bonds. The number of methoxy groups -OCH3 is 1. The zero-order valence-electron chi connectivity index (χ0n) is 9.74. The van der Waals surface area contributed by atoms with Crippen LogP contribution >= 0.6 is 11.3 Å². The van der Waals surface area contributed by atoms with E-state index in [-0.39, 0.29) is 28.8 Å². The van der Waals surface area contributed by atoms with Gasteiger partial charge in [0.15, 0.2) is 0 Å². The second kappa shape index (κ2) is 5.44. The van der Waals surface area contributed by atoms with Crippen molar-refractivity contribution in [1.82, 2.24) is 15.0 Å². The molecule has 0 saturated heterocycles. The molecule has 2 rings (SSSR count). The molecule has 2 aromatic heterocycles. The van der Waals surface area contributed by atoms with Crippen molar-refractivity contribution in [3.05, 3.63) is 37.2 Å². The molecule has 0 fully saturated rings. The molecule has 0 atom stereocenters. The number of hydrogen-bond donors (Lipinski definition) is 2. The van der Waals surface area contributed by atoms with Crippen LogP contribution in [-0.2, 0) is 6.54 Å². The van der Waals surface area contributed by atoms with Crippen LogP contribution in [0.15, 0.2) is 16.5 Å². The molecule has 0 bridgehead atoms. The molecule has 19 heavy (non-hydrogen) atoms. The molecule has 0 aromatic carbocycles. The van der Waals surface area contributed by atoms with E-state index in [4.69, 9.17) is 4.74 Å². The summed E-state index contributed by atoms with van der Waals surface area (Å²) in [7, 11) is 1.29. The maximum absolute atomic E-state index is 11.0. The SMILES string of the molecule is COc1ncnc(NCc2csc(=O)[nH]2)c1[N+](=O)[O-]. The quantitative estimate of drug-likeness (QED) is 0.613. The van der Waals surface area contributed by atoms with Crippen LogP contribution in [0.1, 0.15) is 5.69 Å². The summed E-state index contributed by atoms with van der Waals surface area (Å²) in [4.78, 5) is 31.2. The number of H-pyrrole nitrogens is 1. The lowest BCUT2D eigenvalue weighted by Gasteiger charge is -2.06. The molecular formula is C9H9N5O4S. The summed E-state index contributed by atoms with van der Waals surface area (Å²) in [6.07, 6.45) is 1.16. The smallest absolute Gasteiger partial charge is 0.372 e. The number of hydrogen-bond acceptors (Lipinski definition) is 8. The van der Waals surface area contributed by atoms with E-state index in [2.05, 4.69) is 20.3 Å². The Labute approximate surface area is 110 Å². The lowest BCUT2D eigenvalue weighted by Crippen LogP contribution is -2.08. The van der Waals surface area contributed by atoms with Gasteiger partial charge >= 0.3 is 10.6 Å². The molecule has 100 valence electrons. The summed E-state index contributed by atoms with van der Waals surface area (Å²) in [6, 6.07) is 0. The van der Waals surface area contributed by atoms with E-state index < -0.39 is 4.92 Å². The Morgan fingerprint density at radius 1 is 1.58 bits per heavy atom. The topological polar surface area (TPSA) is 123 Å². The van der Waals surface area contributed by atoms with Gasteiger partial charge in [-0.2, -0.15) is 4.98 Å². The van der Waals surface area contributed by atoms with E-state index in [1.165, 1.54) is 7.11 Å². The second-order valence-electron chi connectivity index (χ2n) is 3.36. The summed E-state index contributed by atoms with van der Waals surface area (Å²) in [6.45, 7) is 0.208. The van der Waals surface area contributed by atoms with Gasteiger partial charge in [0.2, 0.25) is 5.82 Å². The number of ether oxygens (including phenoxy) is 1. The molecule has 10 heteroatoms. The van der Waals surface area contributed by atoms with Gasteiger partial charge in [-0.25, -0.2) is 4.98 Å². The first kappa shape index (κ1) is 13.0. The molecule has 9 nitrogen and oxygen atoms in total. The predicted molar refractivity (Wildman–Crippen MR) is 67.5 cm³/mol. The number of aromatic amines is 1. The third kappa shape index (κ3) is 2.85. The Hall–Kier alpha value is -2.49. The highest BCUT2D eigenvalue weighted by Crippen LogP contribution is 2.30. The Balaban J connectivity index is 2.24. The largest absolute Gasteiger partial charge is 0.476 e. The molecule has 0 radical (unpaired) electrons. The minimum atomic E-state index is -0.627. The number of aromatic nitrogens is 3. The average molecular weight is 283 g/mol. The van der Waals surface area contributed by atoms with E-state index in [1.54, 1.807) is 5.38 Å². The molecule has 0 unspecified atom stereocenters. The molecule has 0 saturated carbocycles. The third-order valence-electron chi connectivity index (χ3n) is 2.18. The molecular weight excluding hydrogens is 274 g/mol. The maximum atomic E-state index is 11.0. The summed E-state index contributed by atoms with van der Waals surface area (Å²) < 4.78 is 4.81. The minimum absolute atomic E-state index is 0.0314. The highest BCUT2D eigenvalue weighted by atomic mass is 32.1. The standard InChI is InChI=1S/C9H9N5O4S/c1-18-8-6(14(16)17)7(11-4-12-8)10-2-5-3-19-9(15)13-5/h3-4H,2H2,1H3,(H,13,15)(H,10,11,12). The van der Waals surface area contributed by atoms with Crippen LogP contribution in [-0.4, -0.2) is 27.0 Å². The average Bonchev–Trinajstić information content (AvgIpc) is 2.81. The molecule has 2 heterocycles. The van der Waals surface area contributed by atoms with E-state index in [1.807, 2.05) is 0 Å². The minimum Gasteiger partial charge on any atom is -0.476 e. The van der Waals surface area contributed by atoms with Crippen molar-refractivity contribution in [3.8, 4) is 5.88 Å². The summed E-state index contributed by atoms with van der Waals surface area (Å²) in [5.74, 6) is -0.0924. The van der Waals surface area contributed by atoms with Gasteiger partial charge in [-0.05, 0) is 0 Å². The summed E-state index contributed by atoms with van der Waals surface area (Å²) in [5.41, 5.74) is 0.268. The van der Waals surface area contributed by atoms with Gasteiger partial charge in [0.25, 0.3) is 5.88 Å². The zero-order valence-corrected chi connectivity index (χ0v) is 10.6. The Kier molecular flexibility index (Phi) is 3.71. The van der Waals surface area contributed by atoms with Crippen molar-refractivity contribution in [2.24, 2.45) is 0 Å². The first-order valence-electron chi connectivity index (χ1n) is 5.05.